The first-order valence-electron chi connectivity index (χ1n) is 6.38. The Morgan fingerprint density at radius 2 is 1.62 bits per heavy atom. The van der Waals surface area contributed by atoms with Crippen molar-refractivity contribution in [3.05, 3.63) is 70.2 Å². The third-order valence-corrected chi connectivity index (χ3v) is 3.47. The third kappa shape index (κ3) is 3.41. The average molecular weight is 304 g/mol. The van der Waals surface area contributed by atoms with Gasteiger partial charge in [-0.15, -0.1) is 0 Å². The topological polar surface area (TPSA) is 66.4 Å². The van der Waals surface area contributed by atoms with E-state index in [4.69, 9.17) is 16.7 Å². The highest BCUT2D eigenvalue weighted by Crippen LogP contribution is 2.22. The predicted molar refractivity (Wildman–Crippen MR) is 80.7 cm³/mol. The highest BCUT2D eigenvalue weighted by molar-refractivity contribution is 6.31. The minimum atomic E-state index is -1.13. The number of carbonyl (C=O) groups is 2. The first-order valence-corrected chi connectivity index (χ1v) is 6.76. The van der Waals surface area contributed by atoms with Crippen molar-refractivity contribution in [3.8, 4) is 0 Å². The van der Waals surface area contributed by atoms with E-state index in [0.29, 0.717) is 5.02 Å². The maximum Gasteiger partial charge on any atom is 0.336 e. The lowest BCUT2D eigenvalue weighted by Crippen LogP contribution is -2.28. The van der Waals surface area contributed by atoms with Crippen LogP contribution in [0.25, 0.3) is 0 Å². The lowest BCUT2D eigenvalue weighted by Gasteiger charge is -2.16. The SMILES string of the molecule is C[C@@H](NC(=O)c1ccccc1C(=O)O)c1ccccc1Cl. The highest BCUT2D eigenvalue weighted by Gasteiger charge is 2.18. The van der Waals surface area contributed by atoms with Gasteiger partial charge in [0, 0.05) is 5.02 Å². The van der Waals surface area contributed by atoms with Gasteiger partial charge in [-0.25, -0.2) is 4.79 Å². The Bertz CT molecular complexity index is 685. The smallest absolute Gasteiger partial charge is 0.336 e. The summed E-state index contributed by atoms with van der Waals surface area (Å²) in [5, 5.41) is 12.4. The van der Waals surface area contributed by atoms with Crippen molar-refractivity contribution in [3.63, 3.8) is 0 Å². The normalized spacial score (nSPS) is 11.7. The lowest BCUT2D eigenvalue weighted by atomic mass is 10.0. The summed E-state index contributed by atoms with van der Waals surface area (Å²) in [7, 11) is 0. The maximum atomic E-state index is 12.2. The van der Waals surface area contributed by atoms with Crippen molar-refractivity contribution in [2.24, 2.45) is 0 Å². The van der Waals surface area contributed by atoms with Crippen LogP contribution in [0.5, 0.6) is 0 Å². The van der Waals surface area contributed by atoms with Crippen LogP contribution in [-0.2, 0) is 0 Å². The molecule has 0 saturated heterocycles. The van der Waals surface area contributed by atoms with E-state index in [1.165, 1.54) is 12.1 Å². The van der Waals surface area contributed by atoms with Gasteiger partial charge in [0.15, 0.2) is 0 Å². The van der Waals surface area contributed by atoms with E-state index in [1.807, 2.05) is 12.1 Å². The molecule has 21 heavy (non-hydrogen) atoms. The van der Waals surface area contributed by atoms with Crippen LogP contribution < -0.4 is 5.32 Å². The fourth-order valence-corrected chi connectivity index (χ4v) is 2.35. The van der Waals surface area contributed by atoms with Gasteiger partial charge in [-0.3, -0.25) is 4.79 Å². The molecule has 0 aliphatic rings. The van der Waals surface area contributed by atoms with Crippen molar-refractivity contribution >= 4 is 23.5 Å². The molecule has 1 atom stereocenters. The molecular formula is C16H14ClNO3. The van der Waals surface area contributed by atoms with Gasteiger partial charge in [-0.2, -0.15) is 0 Å². The number of nitrogens with one attached hydrogen (secondary N) is 1. The summed E-state index contributed by atoms with van der Waals surface area (Å²) in [6.45, 7) is 1.79. The van der Waals surface area contributed by atoms with Crippen LogP contribution in [0.4, 0.5) is 0 Å². The lowest BCUT2D eigenvalue weighted by molar-refractivity contribution is 0.0690. The highest BCUT2D eigenvalue weighted by atomic mass is 35.5. The molecule has 0 fully saturated rings. The van der Waals surface area contributed by atoms with Gasteiger partial charge in [-0.05, 0) is 30.7 Å². The van der Waals surface area contributed by atoms with Gasteiger partial charge < -0.3 is 10.4 Å². The number of amides is 1. The van der Waals surface area contributed by atoms with Gasteiger partial charge in [0.1, 0.15) is 0 Å². The molecule has 1 amide bonds. The second-order valence-corrected chi connectivity index (χ2v) is 4.97. The summed E-state index contributed by atoms with van der Waals surface area (Å²) >= 11 is 6.08. The number of aromatic carboxylic acids is 1. The number of halogens is 1. The van der Waals surface area contributed by atoms with Crippen molar-refractivity contribution in [1.29, 1.82) is 0 Å². The monoisotopic (exact) mass is 303 g/mol. The molecule has 0 spiro atoms. The Morgan fingerprint density at radius 1 is 1.05 bits per heavy atom. The number of carboxylic acid groups (broad SMARTS) is 1. The van der Waals surface area contributed by atoms with Gasteiger partial charge in [0.25, 0.3) is 5.91 Å². The van der Waals surface area contributed by atoms with Crippen LogP contribution in [0.1, 0.15) is 39.2 Å². The fraction of sp³-hybridized carbons (Fsp3) is 0.125. The minimum absolute atomic E-state index is 0.0265. The largest absolute Gasteiger partial charge is 0.478 e. The van der Waals surface area contributed by atoms with E-state index in [2.05, 4.69) is 5.32 Å². The quantitative estimate of drug-likeness (QED) is 0.908. The maximum absolute atomic E-state index is 12.2. The standard InChI is InChI=1S/C16H14ClNO3/c1-10(11-6-4-5-9-14(11)17)18-15(19)12-7-2-3-8-13(12)16(20)21/h2-10H,1H3,(H,18,19)(H,20,21)/t10-/m1/s1. The molecule has 5 heteroatoms. The summed E-state index contributed by atoms with van der Waals surface area (Å²) in [5.74, 6) is -1.58. The molecule has 0 unspecified atom stereocenters. The second-order valence-electron chi connectivity index (χ2n) is 4.57. The van der Waals surface area contributed by atoms with Gasteiger partial charge >= 0.3 is 5.97 Å². The van der Waals surface area contributed by atoms with E-state index in [0.717, 1.165) is 5.56 Å². The van der Waals surface area contributed by atoms with Crippen LogP contribution >= 0.6 is 11.6 Å². The first-order chi connectivity index (χ1) is 10.0. The van der Waals surface area contributed by atoms with E-state index in [-0.39, 0.29) is 17.2 Å². The van der Waals surface area contributed by atoms with E-state index < -0.39 is 11.9 Å². The number of benzene rings is 2. The fourth-order valence-electron chi connectivity index (χ4n) is 2.05. The van der Waals surface area contributed by atoms with E-state index >= 15 is 0 Å². The Labute approximate surface area is 127 Å². The molecule has 0 aromatic heterocycles. The van der Waals surface area contributed by atoms with Crippen molar-refractivity contribution < 1.29 is 14.7 Å². The molecule has 4 nitrogen and oxygen atoms in total. The summed E-state index contributed by atoms with van der Waals surface area (Å²) < 4.78 is 0. The van der Waals surface area contributed by atoms with E-state index in [9.17, 15) is 9.59 Å². The summed E-state index contributed by atoms with van der Waals surface area (Å²) in [4.78, 5) is 23.4. The molecular weight excluding hydrogens is 290 g/mol. The molecule has 0 saturated carbocycles. The minimum Gasteiger partial charge on any atom is -0.478 e. The zero-order valence-electron chi connectivity index (χ0n) is 11.3. The molecule has 0 aliphatic carbocycles. The number of hydrogen-bond acceptors (Lipinski definition) is 2. The zero-order valence-corrected chi connectivity index (χ0v) is 12.1. The molecule has 0 radical (unpaired) electrons. The van der Waals surface area contributed by atoms with E-state index in [1.54, 1.807) is 31.2 Å². The van der Waals surface area contributed by atoms with Gasteiger partial charge in [-0.1, -0.05) is 41.9 Å². The average Bonchev–Trinajstić information content (AvgIpc) is 2.47. The number of carbonyl (C=O) groups excluding carboxylic acids is 1. The molecule has 108 valence electrons. The molecule has 0 bridgehead atoms. The summed E-state index contributed by atoms with van der Waals surface area (Å²) in [5.41, 5.74) is 0.880. The first kappa shape index (κ1) is 15.1. The molecule has 0 heterocycles. The van der Waals surface area contributed by atoms with Gasteiger partial charge in [0.2, 0.25) is 0 Å². The Balaban J connectivity index is 2.23. The van der Waals surface area contributed by atoms with Crippen molar-refractivity contribution in [2.45, 2.75) is 13.0 Å². The molecule has 2 aromatic carbocycles. The van der Waals surface area contributed by atoms with Crippen molar-refractivity contribution in [2.75, 3.05) is 0 Å². The summed E-state index contributed by atoms with van der Waals surface area (Å²) in [6, 6.07) is 13.0. The van der Waals surface area contributed by atoms with Crippen LogP contribution in [0.2, 0.25) is 5.02 Å². The van der Waals surface area contributed by atoms with Crippen LogP contribution in [-0.4, -0.2) is 17.0 Å². The zero-order chi connectivity index (χ0) is 15.4. The Kier molecular flexibility index (Phi) is 4.60. The van der Waals surface area contributed by atoms with Gasteiger partial charge in [0.05, 0.1) is 17.2 Å². The summed E-state index contributed by atoms with van der Waals surface area (Å²) in [6.07, 6.45) is 0. The number of rotatable bonds is 4. The second kappa shape index (κ2) is 6.41. The molecule has 0 aliphatic heterocycles. The Morgan fingerprint density at radius 3 is 2.24 bits per heavy atom. The molecule has 2 aromatic rings. The predicted octanol–water partition coefficient (Wildman–Crippen LogP) is 3.53. The number of carboxylic acids is 1. The van der Waals surface area contributed by atoms with Crippen molar-refractivity contribution in [1.82, 2.24) is 5.32 Å². The molecule has 2 N–H and O–H groups in total. The molecule has 2 rings (SSSR count). The number of hydrogen-bond donors (Lipinski definition) is 2. The van der Waals surface area contributed by atoms with Crippen LogP contribution in [0.3, 0.4) is 0 Å². The van der Waals surface area contributed by atoms with Crippen LogP contribution in [0.15, 0.2) is 48.5 Å². The third-order valence-electron chi connectivity index (χ3n) is 3.12. The Hall–Kier alpha value is -2.33. The van der Waals surface area contributed by atoms with Crippen LogP contribution in [0, 0.1) is 0 Å².